The average Bonchev–Trinajstić information content (AvgIpc) is 3.22. The van der Waals surface area contributed by atoms with Gasteiger partial charge in [0.05, 0.1) is 18.8 Å². The molecule has 0 radical (unpaired) electrons. The average molecular weight is 370 g/mol. The molecule has 1 aromatic carbocycles. The fraction of sp³-hybridized carbons (Fsp3) is 0.400. The number of nitrogens with one attached hydrogen (secondary N) is 2. The molecule has 0 aliphatic heterocycles. The second-order valence-electron chi connectivity index (χ2n) is 6.55. The Morgan fingerprint density at radius 2 is 2.15 bits per heavy atom. The minimum atomic E-state index is -0.279. The summed E-state index contributed by atoms with van der Waals surface area (Å²) in [5, 5.41) is 10.7. The van der Waals surface area contributed by atoms with Crippen molar-refractivity contribution in [2.24, 2.45) is 0 Å². The van der Waals surface area contributed by atoms with Gasteiger partial charge in [0.25, 0.3) is 0 Å². The predicted octanol–water partition coefficient (Wildman–Crippen LogP) is 3.86. The Labute approximate surface area is 158 Å². The molecular formula is C20H26N4O3. The van der Waals surface area contributed by atoms with Crippen LogP contribution in [0.1, 0.15) is 30.5 Å². The zero-order valence-corrected chi connectivity index (χ0v) is 16.0. The van der Waals surface area contributed by atoms with Crippen LogP contribution in [0, 0.1) is 6.92 Å². The van der Waals surface area contributed by atoms with Gasteiger partial charge in [-0.25, -0.2) is 4.79 Å². The van der Waals surface area contributed by atoms with Gasteiger partial charge in [-0.15, -0.1) is 0 Å². The topological polar surface area (TPSA) is 81.3 Å². The first kappa shape index (κ1) is 19.0. The Morgan fingerprint density at radius 3 is 2.93 bits per heavy atom. The summed E-state index contributed by atoms with van der Waals surface area (Å²) < 4.78 is 12.6. The standard InChI is InChI=1S/C20H26N4O3/c1-4-5-17-12-18(27-23-17)13-21-20(25)22-16-6-7-19-15(11-16)10-14(2)24(19)8-9-26-3/h6-7,10-12H,4-5,8-9,13H2,1-3H3,(H2,21,22,25). The van der Waals surface area contributed by atoms with Crippen molar-refractivity contribution in [1.82, 2.24) is 15.0 Å². The van der Waals surface area contributed by atoms with E-state index in [1.54, 1.807) is 7.11 Å². The van der Waals surface area contributed by atoms with Crippen molar-refractivity contribution < 1.29 is 14.1 Å². The Balaban J connectivity index is 1.61. The number of amides is 2. The minimum absolute atomic E-state index is 0.279. The van der Waals surface area contributed by atoms with E-state index in [0.29, 0.717) is 18.9 Å². The van der Waals surface area contributed by atoms with Crippen molar-refractivity contribution in [3.05, 3.63) is 47.5 Å². The van der Waals surface area contributed by atoms with E-state index in [2.05, 4.69) is 40.3 Å². The minimum Gasteiger partial charge on any atom is -0.383 e. The summed E-state index contributed by atoms with van der Waals surface area (Å²) in [7, 11) is 1.70. The molecule has 7 nitrogen and oxygen atoms in total. The summed E-state index contributed by atoms with van der Waals surface area (Å²) in [4.78, 5) is 12.2. The number of methoxy groups -OCH3 is 1. The summed E-state index contributed by atoms with van der Waals surface area (Å²) in [5.74, 6) is 0.648. The van der Waals surface area contributed by atoms with Crippen molar-refractivity contribution in [2.45, 2.75) is 39.8 Å². The van der Waals surface area contributed by atoms with Gasteiger partial charge >= 0.3 is 6.03 Å². The number of anilines is 1. The molecule has 0 saturated heterocycles. The lowest BCUT2D eigenvalue weighted by atomic mass is 10.2. The summed E-state index contributed by atoms with van der Waals surface area (Å²) in [6.07, 6.45) is 1.88. The SMILES string of the molecule is CCCc1cc(CNC(=O)Nc2ccc3c(c2)cc(C)n3CCOC)on1. The number of nitrogens with zero attached hydrogens (tertiary/aromatic N) is 2. The first-order chi connectivity index (χ1) is 13.1. The third-order valence-corrected chi connectivity index (χ3v) is 4.42. The van der Waals surface area contributed by atoms with Gasteiger partial charge in [0, 0.05) is 42.0 Å². The van der Waals surface area contributed by atoms with Crippen LogP contribution >= 0.6 is 0 Å². The molecule has 0 bridgehead atoms. The van der Waals surface area contributed by atoms with Gasteiger partial charge in [-0.1, -0.05) is 18.5 Å². The summed E-state index contributed by atoms with van der Waals surface area (Å²) in [6.45, 7) is 5.92. The van der Waals surface area contributed by atoms with Crippen LogP contribution in [-0.2, 0) is 24.2 Å². The molecule has 3 rings (SSSR count). The molecule has 0 saturated carbocycles. The van der Waals surface area contributed by atoms with Crippen LogP contribution in [0.2, 0.25) is 0 Å². The van der Waals surface area contributed by atoms with E-state index >= 15 is 0 Å². The highest BCUT2D eigenvalue weighted by Gasteiger charge is 2.09. The number of urea groups is 1. The van der Waals surface area contributed by atoms with Crippen LogP contribution in [0.5, 0.6) is 0 Å². The number of aryl methyl sites for hydroxylation is 2. The Bertz CT molecular complexity index is 913. The van der Waals surface area contributed by atoms with E-state index in [4.69, 9.17) is 9.26 Å². The molecule has 0 aliphatic rings. The van der Waals surface area contributed by atoms with Gasteiger partial charge in [0.1, 0.15) is 0 Å². The number of carbonyl (C=O) groups is 1. The highest BCUT2D eigenvalue weighted by atomic mass is 16.5. The van der Waals surface area contributed by atoms with Crippen molar-refractivity contribution in [2.75, 3.05) is 19.0 Å². The molecule has 0 fully saturated rings. The normalized spacial score (nSPS) is 11.1. The number of fused-ring (bicyclic) bond motifs is 1. The number of hydrogen-bond acceptors (Lipinski definition) is 4. The molecule has 27 heavy (non-hydrogen) atoms. The predicted molar refractivity (Wildman–Crippen MR) is 105 cm³/mol. The highest BCUT2D eigenvalue weighted by molar-refractivity contribution is 5.93. The monoisotopic (exact) mass is 370 g/mol. The zero-order valence-electron chi connectivity index (χ0n) is 16.0. The quantitative estimate of drug-likeness (QED) is 0.631. The Hall–Kier alpha value is -2.80. The lowest BCUT2D eigenvalue weighted by Gasteiger charge is -2.09. The summed E-state index contributed by atoms with van der Waals surface area (Å²) >= 11 is 0. The number of carbonyl (C=O) groups excluding carboxylic acids is 1. The third kappa shape index (κ3) is 4.68. The van der Waals surface area contributed by atoms with Crippen LogP contribution in [0.15, 0.2) is 34.9 Å². The number of ether oxygens (including phenoxy) is 1. The maximum atomic E-state index is 12.2. The fourth-order valence-corrected chi connectivity index (χ4v) is 3.12. The molecule has 2 N–H and O–H groups in total. The second-order valence-corrected chi connectivity index (χ2v) is 6.55. The van der Waals surface area contributed by atoms with Gasteiger partial charge in [-0.3, -0.25) is 0 Å². The van der Waals surface area contributed by atoms with Crippen LogP contribution in [0.4, 0.5) is 10.5 Å². The van der Waals surface area contributed by atoms with Gasteiger partial charge in [0.2, 0.25) is 0 Å². The molecule has 0 spiro atoms. The number of aromatic nitrogens is 2. The summed E-state index contributed by atoms with van der Waals surface area (Å²) in [5.41, 5.74) is 3.94. The maximum absolute atomic E-state index is 12.2. The molecular weight excluding hydrogens is 344 g/mol. The van der Waals surface area contributed by atoms with Gasteiger partial charge < -0.3 is 24.5 Å². The highest BCUT2D eigenvalue weighted by Crippen LogP contribution is 2.23. The maximum Gasteiger partial charge on any atom is 0.319 e. The molecule has 0 atom stereocenters. The second kappa shape index (κ2) is 8.73. The van der Waals surface area contributed by atoms with Crippen LogP contribution in [0.3, 0.4) is 0 Å². The van der Waals surface area contributed by atoms with Gasteiger partial charge in [-0.05, 0) is 37.6 Å². The molecule has 144 valence electrons. The van der Waals surface area contributed by atoms with Crippen molar-refractivity contribution in [1.29, 1.82) is 0 Å². The lowest BCUT2D eigenvalue weighted by Crippen LogP contribution is -2.27. The van der Waals surface area contributed by atoms with E-state index in [0.717, 1.165) is 47.4 Å². The van der Waals surface area contributed by atoms with Gasteiger partial charge in [0.15, 0.2) is 5.76 Å². The molecule has 2 amide bonds. The van der Waals surface area contributed by atoms with Crippen LogP contribution in [0.25, 0.3) is 10.9 Å². The number of rotatable bonds is 8. The van der Waals surface area contributed by atoms with Crippen molar-refractivity contribution >= 4 is 22.6 Å². The van der Waals surface area contributed by atoms with Crippen LogP contribution in [-0.4, -0.2) is 29.5 Å². The van der Waals surface area contributed by atoms with E-state index < -0.39 is 0 Å². The van der Waals surface area contributed by atoms with Crippen molar-refractivity contribution in [3.8, 4) is 0 Å². The largest absolute Gasteiger partial charge is 0.383 e. The van der Waals surface area contributed by atoms with E-state index in [1.165, 1.54) is 0 Å². The number of benzene rings is 1. The number of hydrogen-bond donors (Lipinski definition) is 2. The van der Waals surface area contributed by atoms with Gasteiger partial charge in [-0.2, -0.15) is 0 Å². The van der Waals surface area contributed by atoms with E-state index in [9.17, 15) is 4.79 Å². The fourth-order valence-electron chi connectivity index (χ4n) is 3.12. The van der Waals surface area contributed by atoms with Crippen molar-refractivity contribution in [3.63, 3.8) is 0 Å². The van der Waals surface area contributed by atoms with Crippen LogP contribution < -0.4 is 10.6 Å². The lowest BCUT2D eigenvalue weighted by molar-refractivity contribution is 0.188. The zero-order chi connectivity index (χ0) is 19.2. The smallest absolute Gasteiger partial charge is 0.319 e. The molecule has 3 aromatic rings. The third-order valence-electron chi connectivity index (χ3n) is 4.42. The first-order valence-corrected chi connectivity index (χ1v) is 9.19. The molecule has 0 aliphatic carbocycles. The Morgan fingerprint density at radius 1 is 1.30 bits per heavy atom. The van der Waals surface area contributed by atoms with E-state index in [1.807, 2.05) is 24.3 Å². The summed E-state index contributed by atoms with van der Waals surface area (Å²) in [6, 6.07) is 9.59. The molecule has 0 unspecified atom stereocenters. The molecule has 7 heteroatoms. The Kier molecular flexibility index (Phi) is 6.13. The first-order valence-electron chi connectivity index (χ1n) is 9.19. The molecule has 2 aromatic heterocycles. The van der Waals surface area contributed by atoms with E-state index in [-0.39, 0.29) is 6.03 Å². The molecule has 2 heterocycles.